The van der Waals surface area contributed by atoms with Gasteiger partial charge in [0.15, 0.2) is 0 Å². The van der Waals surface area contributed by atoms with Gasteiger partial charge in [0.2, 0.25) is 5.91 Å². The molecule has 2 aromatic heterocycles. The molecular formula is C16H18N2O2S. The van der Waals surface area contributed by atoms with Gasteiger partial charge in [0.25, 0.3) is 0 Å². The number of aryl methyl sites for hydroxylation is 1. The van der Waals surface area contributed by atoms with Crippen LogP contribution < -0.4 is 0 Å². The van der Waals surface area contributed by atoms with E-state index in [-0.39, 0.29) is 12.0 Å². The predicted octanol–water partition coefficient (Wildman–Crippen LogP) is 2.59. The number of rotatable bonds is 3. The van der Waals surface area contributed by atoms with Crippen molar-refractivity contribution in [3.63, 3.8) is 0 Å². The number of morpholine rings is 1. The smallest absolute Gasteiger partial charge is 0.227 e. The molecule has 0 aliphatic carbocycles. The number of carbonyl (C=O) groups is 1. The van der Waals surface area contributed by atoms with Gasteiger partial charge in [0.1, 0.15) is 6.10 Å². The molecule has 3 rings (SSSR count). The molecule has 5 heteroatoms. The summed E-state index contributed by atoms with van der Waals surface area (Å²) in [5, 5.41) is 4.03. The average molecular weight is 302 g/mol. The average Bonchev–Trinajstić information content (AvgIpc) is 3.00. The highest BCUT2D eigenvalue weighted by Gasteiger charge is 2.25. The molecule has 1 aliphatic heterocycles. The molecule has 0 radical (unpaired) electrons. The van der Waals surface area contributed by atoms with Gasteiger partial charge in [-0.1, -0.05) is 0 Å². The minimum absolute atomic E-state index is 0.0492. The van der Waals surface area contributed by atoms with Crippen molar-refractivity contribution < 1.29 is 9.53 Å². The lowest BCUT2D eigenvalue weighted by atomic mass is 10.1. The summed E-state index contributed by atoms with van der Waals surface area (Å²) in [5.74, 6) is 0.174. The lowest BCUT2D eigenvalue weighted by Gasteiger charge is -2.33. The van der Waals surface area contributed by atoms with Gasteiger partial charge in [-0.3, -0.25) is 9.78 Å². The molecule has 1 fully saturated rings. The first-order valence-electron chi connectivity index (χ1n) is 7.05. The number of amides is 1. The first-order chi connectivity index (χ1) is 10.2. The molecule has 0 bridgehead atoms. The van der Waals surface area contributed by atoms with E-state index in [1.54, 1.807) is 17.5 Å². The van der Waals surface area contributed by atoms with Gasteiger partial charge in [-0.15, -0.1) is 0 Å². The minimum atomic E-state index is -0.0492. The van der Waals surface area contributed by atoms with E-state index in [1.807, 2.05) is 40.8 Å². The Morgan fingerprint density at radius 2 is 2.43 bits per heavy atom. The van der Waals surface area contributed by atoms with Crippen molar-refractivity contribution in [1.82, 2.24) is 9.88 Å². The van der Waals surface area contributed by atoms with E-state index in [2.05, 4.69) is 4.98 Å². The highest BCUT2D eigenvalue weighted by molar-refractivity contribution is 7.07. The second kappa shape index (κ2) is 6.37. The Balaban J connectivity index is 1.66. The summed E-state index contributed by atoms with van der Waals surface area (Å²) in [6.07, 6.45) is 2.22. The third kappa shape index (κ3) is 3.49. The van der Waals surface area contributed by atoms with Crippen LogP contribution in [-0.2, 0) is 16.0 Å². The number of ether oxygens (including phenoxy) is 1. The fourth-order valence-corrected chi connectivity index (χ4v) is 3.19. The third-order valence-corrected chi connectivity index (χ3v) is 4.38. The Kier molecular flexibility index (Phi) is 4.31. The van der Waals surface area contributed by atoms with Gasteiger partial charge in [0, 0.05) is 18.4 Å². The van der Waals surface area contributed by atoms with Crippen LogP contribution in [0.3, 0.4) is 0 Å². The number of pyridine rings is 1. The molecule has 0 aromatic carbocycles. The van der Waals surface area contributed by atoms with Crippen LogP contribution >= 0.6 is 11.3 Å². The van der Waals surface area contributed by atoms with Crippen LogP contribution in [0.25, 0.3) is 0 Å². The van der Waals surface area contributed by atoms with Crippen LogP contribution in [0.2, 0.25) is 0 Å². The van der Waals surface area contributed by atoms with Crippen molar-refractivity contribution >= 4 is 17.2 Å². The Labute approximate surface area is 128 Å². The van der Waals surface area contributed by atoms with Crippen LogP contribution in [0.15, 0.2) is 35.2 Å². The molecule has 0 N–H and O–H groups in total. The number of nitrogens with zero attached hydrogens (tertiary/aromatic N) is 2. The molecule has 1 saturated heterocycles. The Hall–Kier alpha value is -1.72. The van der Waals surface area contributed by atoms with E-state index in [9.17, 15) is 4.79 Å². The van der Waals surface area contributed by atoms with Crippen molar-refractivity contribution in [3.8, 4) is 0 Å². The number of aromatic nitrogens is 1. The summed E-state index contributed by atoms with van der Waals surface area (Å²) >= 11 is 1.62. The van der Waals surface area contributed by atoms with Gasteiger partial charge in [0.05, 0.1) is 19.6 Å². The van der Waals surface area contributed by atoms with Crippen LogP contribution in [0.5, 0.6) is 0 Å². The van der Waals surface area contributed by atoms with Gasteiger partial charge < -0.3 is 9.64 Å². The first kappa shape index (κ1) is 14.2. The SMILES string of the molecule is Cc1cc(C2CN(C(=O)Cc3ccsc3)CCO2)ccn1. The molecule has 3 heterocycles. The molecule has 1 atom stereocenters. The molecule has 110 valence electrons. The van der Waals surface area contributed by atoms with Crippen molar-refractivity contribution in [3.05, 3.63) is 52.0 Å². The van der Waals surface area contributed by atoms with Gasteiger partial charge in [-0.05, 0) is 47.0 Å². The topological polar surface area (TPSA) is 42.4 Å². The molecule has 21 heavy (non-hydrogen) atoms. The van der Waals surface area contributed by atoms with Gasteiger partial charge >= 0.3 is 0 Å². The zero-order valence-electron chi connectivity index (χ0n) is 12.0. The Morgan fingerprint density at radius 3 is 3.19 bits per heavy atom. The summed E-state index contributed by atoms with van der Waals surface area (Å²) < 4.78 is 5.82. The molecule has 1 amide bonds. The van der Waals surface area contributed by atoms with E-state index in [0.29, 0.717) is 26.1 Å². The van der Waals surface area contributed by atoms with E-state index >= 15 is 0 Å². The zero-order chi connectivity index (χ0) is 14.7. The number of carbonyl (C=O) groups excluding carboxylic acids is 1. The maximum Gasteiger partial charge on any atom is 0.227 e. The highest BCUT2D eigenvalue weighted by Crippen LogP contribution is 2.23. The largest absolute Gasteiger partial charge is 0.370 e. The van der Waals surface area contributed by atoms with Crippen LogP contribution in [0.4, 0.5) is 0 Å². The van der Waals surface area contributed by atoms with Crippen LogP contribution in [0, 0.1) is 6.92 Å². The Bertz CT molecular complexity index is 612. The molecule has 0 saturated carbocycles. The predicted molar refractivity (Wildman–Crippen MR) is 82.3 cm³/mol. The highest BCUT2D eigenvalue weighted by atomic mass is 32.1. The minimum Gasteiger partial charge on any atom is -0.370 e. The first-order valence-corrected chi connectivity index (χ1v) is 7.99. The van der Waals surface area contributed by atoms with Crippen LogP contribution in [0.1, 0.15) is 22.9 Å². The second-order valence-corrected chi connectivity index (χ2v) is 6.02. The maximum absolute atomic E-state index is 12.4. The van der Waals surface area contributed by atoms with E-state index in [4.69, 9.17) is 4.74 Å². The fourth-order valence-electron chi connectivity index (χ4n) is 2.52. The van der Waals surface area contributed by atoms with Crippen molar-refractivity contribution in [1.29, 1.82) is 0 Å². The fraction of sp³-hybridized carbons (Fsp3) is 0.375. The number of thiophene rings is 1. The lowest BCUT2D eigenvalue weighted by Crippen LogP contribution is -2.42. The quantitative estimate of drug-likeness (QED) is 0.875. The molecular weight excluding hydrogens is 284 g/mol. The summed E-state index contributed by atoms with van der Waals surface area (Å²) in [5.41, 5.74) is 3.15. The molecule has 4 nitrogen and oxygen atoms in total. The molecule has 2 aromatic rings. The number of hydrogen-bond donors (Lipinski definition) is 0. The van der Waals surface area contributed by atoms with Crippen molar-refractivity contribution in [2.24, 2.45) is 0 Å². The maximum atomic E-state index is 12.4. The van der Waals surface area contributed by atoms with E-state index < -0.39 is 0 Å². The van der Waals surface area contributed by atoms with Crippen LogP contribution in [-0.4, -0.2) is 35.5 Å². The second-order valence-electron chi connectivity index (χ2n) is 5.24. The molecule has 1 unspecified atom stereocenters. The summed E-state index contributed by atoms with van der Waals surface area (Å²) in [6, 6.07) is 5.99. The molecule has 1 aliphatic rings. The number of hydrogen-bond acceptors (Lipinski definition) is 4. The Morgan fingerprint density at radius 1 is 1.52 bits per heavy atom. The van der Waals surface area contributed by atoms with E-state index in [0.717, 1.165) is 16.8 Å². The summed E-state index contributed by atoms with van der Waals surface area (Å²) in [4.78, 5) is 18.5. The van der Waals surface area contributed by atoms with E-state index in [1.165, 1.54) is 0 Å². The zero-order valence-corrected chi connectivity index (χ0v) is 12.8. The standard InChI is InChI=1S/C16H18N2O2S/c1-12-8-14(2-4-17-12)15-10-18(5-6-20-15)16(19)9-13-3-7-21-11-13/h2-4,7-8,11,15H,5-6,9-10H2,1H3. The van der Waals surface area contributed by atoms with Gasteiger partial charge in [-0.25, -0.2) is 0 Å². The van der Waals surface area contributed by atoms with Crippen molar-refractivity contribution in [2.75, 3.05) is 19.7 Å². The summed E-state index contributed by atoms with van der Waals surface area (Å²) in [6.45, 7) is 3.84. The normalized spacial score (nSPS) is 18.7. The molecule has 0 spiro atoms. The summed E-state index contributed by atoms with van der Waals surface area (Å²) in [7, 11) is 0. The third-order valence-electron chi connectivity index (χ3n) is 3.65. The monoisotopic (exact) mass is 302 g/mol. The van der Waals surface area contributed by atoms with Crippen molar-refractivity contribution in [2.45, 2.75) is 19.4 Å². The van der Waals surface area contributed by atoms with Gasteiger partial charge in [-0.2, -0.15) is 11.3 Å². The lowest BCUT2D eigenvalue weighted by molar-refractivity contribution is -0.138.